The fourth-order valence-electron chi connectivity index (χ4n) is 1.50. The summed E-state index contributed by atoms with van der Waals surface area (Å²) in [5, 5.41) is 9.00. The second kappa shape index (κ2) is 6.18. The average Bonchev–Trinajstić information content (AvgIpc) is 2.36. The molecular formula is C13H6AsF3IO2. The van der Waals surface area contributed by atoms with E-state index in [1.807, 2.05) is 22.6 Å². The molecule has 0 amide bonds. The summed E-state index contributed by atoms with van der Waals surface area (Å²) in [6.45, 7) is 0. The molecule has 0 aliphatic heterocycles. The molecule has 0 heterocycles. The fraction of sp³-hybridized carbons (Fsp3) is 0. The molecule has 1 N–H and O–H groups in total. The van der Waals surface area contributed by atoms with Crippen molar-refractivity contribution in [2.75, 3.05) is 0 Å². The maximum absolute atomic E-state index is 13.8. The summed E-state index contributed by atoms with van der Waals surface area (Å²) in [6.07, 6.45) is 0. The van der Waals surface area contributed by atoms with Crippen molar-refractivity contribution in [2.24, 2.45) is 0 Å². The van der Waals surface area contributed by atoms with Crippen molar-refractivity contribution in [3.63, 3.8) is 0 Å². The molecule has 0 saturated carbocycles. The molecule has 0 aliphatic rings. The Hall–Kier alpha value is -1.01. The molecule has 103 valence electrons. The molecule has 0 aliphatic carbocycles. The number of hydrogen-bond acceptors (Lipinski definition) is 1. The number of carbonyl (C=O) groups is 1. The molecule has 0 atom stereocenters. The summed E-state index contributed by atoms with van der Waals surface area (Å²) in [4.78, 5) is 11.0. The van der Waals surface area contributed by atoms with Gasteiger partial charge in [-0.25, -0.2) is 0 Å². The molecule has 0 fully saturated rings. The van der Waals surface area contributed by atoms with E-state index in [0.717, 1.165) is 6.07 Å². The number of benzene rings is 2. The summed E-state index contributed by atoms with van der Waals surface area (Å²) < 4.78 is 41.2. The standard InChI is InChI=1S/C13H6AsF3IO2/c15-10-3-6(18)1-2-8(10)14-9-5-12(17)11(16)4-7(9)13(19)20/h1-5H,(H,19,20). The first-order valence-corrected chi connectivity index (χ1v) is 8.23. The number of aromatic carboxylic acids is 1. The number of carboxylic acid groups (broad SMARTS) is 1. The van der Waals surface area contributed by atoms with E-state index >= 15 is 0 Å². The van der Waals surface area contributed by atoms with Crippen LogP contribution in [0.25, 0.3) is 0 Å². The Bertz CT molecular complexity index is 692. The van der Waals surface area contributed by atoms with Gasteiger partial charge >= 0.3 is 133 Å². The van der Waals surface area contributed by atoms with Gasteiger partial charge in [0.2, 0.25) is 0 Å². The zero-order valence-corrected chi connectivity index (χ0v) is 13.7. The van der Waals surface area contributed by atoms with E-state index in [2.05, 4.69) is 0 Å². The van der Waals surface area contributed by atoms with Crippen LogP contribution in [0.15, 0.2) is 30.3 Å². The Kier molecular flexibility index (Phi) is 4.75. The van der Waals surface area contributed by atoms with Crippen LogP contribution in [0.4, 0.5) is 13.2 Å². The van der Waals surface area contributed by atoms with E-state index in [9.17, 15) is 18.0 Å². The van der Waals surface area contributed by atoms with Crippen LogP contribution in [-0.2, 0) is 0 Å². The molecule has 20 heavy (non-hydrogen) atoms. The van der Waals surface area contributed by atoms with E-state index in [4.69, 9.17) is 5.11 Å². The molecule has 7 heteroatoms. The number of halogens is 4. The number of hydrogen-bond donors (Lipinski definition) is 1. The summed E-state index contributed by atoms with van der Waals surface area (Å²) in [7, 11) is 0. The van der Waals surface area contributed by atoms with E-state index in [1.165, 1.54) is 12.1 Å². The van der Waals surface area contributed by atoms with Gasteiger partial charge in [0, 0.05) is 0 Å². The van der Waals surface area contributed by atoms with Crippen molar-refractivity contribution in [1.29, 1.82) is 0 Å². The molecule has 1 radical (unpaired) electrons. The second-order valence-corrected chi connectivity index (χ2v) is 7.53. The first-order chi connectivity index (χ1) is 9.38. The van der Waals surface area contributed by atoms with Crippen LogP contribution in [0.5, 0.6) is 0 Å². The molecule has 0 bridgehead atoms. The Morgan fingerprint density at radius 3 is 2.25 bits per heavy atom. The molecule has 0 spiro atoms. The van der Waals surface area contributed by atoms with E-state index in [0.29, 0.717) is 14.0 Å². The van der Waals surface area contributed by atoms with Crippen LogP contribution in [0.1, 0.15) is 10.4 Å². The quantitative estimate of drug-likeness (QED) is 0.571. The minimum atomic E-state index is -1.36. The first-order valence-electron chi connectivity index (χ1n) is 5.27. The van der Waals surface area contributed by atoms with Crippen molar-refractivity contribution in [3.05, 3.63) is 56.9 Å². The third-order valence-corrected chi connectivity index (χ3v) is 5.64. The van der Waals surface area contributed by atoms with Gasteiger partial charge in [-0.15, -0.1) is 0 Å². The molecule has 0 saturated heterocycles. The van der Waals surface area contributed by atoms with E-state index in [1.54, 1.807) is 6.07 Å². The Balaban J connectivity index is 2.47. The summed E-state index contributed by atoms with van der Waals surface area (Å²) in [6, 6.07) is 5.98. The van der Waals surface area contributed by atoms with Gasteiger partial charge in [-0.05, 0) is 0 Å². The third-order valence-electron chi connectivity index (χ3n) is 2.42. The fourth-order valence-corrected chi connectivity index (χ4v) is 4.13. The predicted octanol–water partition coefficient (Wildman–Crippen LogP) is 2.06. The minimum absolute atomic E-state index is 0.118. The van der Waals surface area contributed by atoms with Crippen LogP contribution in [0.2, 0.25) is 0 Å². The summed E-state index contributed by atoms with van der Waals surface area (Å²) >= 11 is 0.858. The SMILES string of the molecule is O=C(O)c1cc(F)c(F)cc1[As]c1ccc(I)cc1F. The zero-order chi connectivity index (χ0) is 14.9. The molecule has 0 unspecified atom stereocenters. The molecular weight excluding hydrogens is 447 g/mol. The third kappa shape index (κ3) is 3.35. The van der Waals surface area contributed by atoms with Crippen molar-refractivity contribution < 1.29 is 23.1 Å². The predicted molar refractivity (Wildman–Crippen MR) is 77.5 cm³/mol. The second-order valence-electron chi connectivity index (χ2n) is 3.80. The van der Waals surface area contributed by atoms with Crippen LogP contribution < -0.4 is 8.70 Å². The average molecular weight is 453 g/mol. The summed E-state index contributed by atoms with van der Waals surface area (Å²) in [5.74, 6) is -4.19. The molecule has 2 aromatic rings. The Morgan fingerprint density at radius 2 is 1.65 bits per heavy atom. The van der Waals surface area contributed by atoms with Crippen LogP contribution in [-0.4, -0.2) is 26.8 Å². The molecule has 2 rings (SSSR count). The summed E-state index contributed by atoms with van der Waals surface area (Å²) in [5.41, 5.74) is -0.332. The van der Waals surface area contributed by atoms with Gasteiger partial charge in [0.05, 0.1) is 0 Å². The monoisotopic (exact) mass is 453 g/mol. The van der Waals surface area contributed by atoms with E-state index in [-0.39, 0.29) is 9.91 Å². The maximum atomic E-state index is 13.8. The number of rotatable bonds is 3. The Labute approximate surface area is 132 Å². The van der Waals surface area contributed by atoms with Crippen molar-refractivity contribution in [1.82, 2.24) is 0 Å². The molecule has 2 nitrogen and oxygen atoms in total. The van der Waals surface area contributed by atoms with Crippen LogP contribution >= 0.6 is 22.6 Å². The van der Waals surface area contributed by atoms with Gasteiger partial charge in [-0.2, -0.15) is 0 Å². The van der Waals surface area contributed by atoms with Crippen molar-refractivity contribution in [2.45, 2.75) is 0 Å². The van der Waals surface area contributed by atoms with Gasteiger partial charge < -0.3 is 0 Å². The number of carboxylic acids is 1. The zero-order valence-electron chi connectivity index (χ0n) is 9.70. The van der Waals surface area contributed by atoms with Gasteiger partial charge in [0.15, 0.2) is 0 Å². The topological polar surface area (TPSA) is 37.3 Å². The van der Waals surface area contributed by atoms with Crippen molar-refractivity contribution in [3.8, 4) is 0 Å². The normalized spacial score (nSPS) is 11.2. The van der Waals surface area contributed by atoms with Crippen LogP contribution in [0, 0.1) is 21.0 Å². The van der Waals surface area contributed by atoms with E-state index < -0.39 is 39.2 Å². The van der Waals surface area contributed by atoms with Gasteiger partial charge in [-0.1, -0.05) is 0 Å². The molecule has 2 aromatic carbocycles. The first kappa shape index (κ1) is 15.4. The van der Waals surface area contributed by atoms with Gasteiger partial charge in [-0.3, -0.25) is 0 Å². The van der Waals surface area contributed by atoms with Gasteiger partial charge in [0.1, 0.15) is 0 Å². The van der Waals surface area contributed by atoms with Crippen LogP contribution in [0.3, 0.4) is 0 Å². The van der Waals surface area contributed by atoms with Gasteiger partial charge in [0.25, 0.3) is 0 Å². The molecule has 0 aromatic heterocycles. The van der Waals surface area contributed by atoms with Crippen molar-refractivity contribution >= 4 is 53.0 Å². The Morgan fingerprint density at radius 1 is 1.00 bits per heavy atom.